The van der Waals surface area contributed by atoms with Gasteiger partial charge < -0.3 is 4.90 Å². The van der Waals surface area contributed by atoms with E-state index in [0.29, 0.717) is 0 Å². The summed E-state index contributed by atoms with van der Waals surface area (Å²) < 4.78 is 49.8. The van der Waals surface area contributed by atoms with Crippen LogP contribution in [0.4, 0.5) is 23.2 Å². The summed E-state index contributed by atoms with van der Waals surface area (Å²) in [6.07, 6.45) is -6.37. The van der Waals surface area contributed by atoms with Crippen LogP contribution in [-0.2, 0) is 4.79 Å². The zero-order chi connectivity index (χ0) is 15.8. The maximum absolute atomic E-state index is 13.2. The number of anilines is 1. The molecule has 1 amide bonds. The second kappa shape index (κ2) is 5.46. The average Bonchev–Trinajstić information content (AvgIpc) is 2.36. The summed E-state index contributed by atoms with van der Waals surface area (Å²) in [4.78, 5) is 25.0. The lowest BCUT2D eigenvalue weighted by atomic mass is 9.94. The molecule has 3 nitrogen and oxygen atoms in total. The number of nitrogens with zero attached hydrogens (tertiary/aromatic N) is 1. The predicted molar refractivity (Wildman–Crippen MR) is 67.6 cm³/mol. The number of alkyl halides is 3. The van der Waals surface area contributed by atoms with E-state index in [1.165, 1.54) is 6.07 Å². The van der Waals surface area contributed by atoms with Crippen molar-refractivity contribution in [2.24, 2.45) is 0 Å². The first-order valence-electron chi connectivity index (χ1n) is 6.40. The van der Waals surface area contributed by atoms with E-state index >= 15 is 0 Å². The number of carbonyl (C=O) groups excluding carboxylic acids is 2. The molecule has 1 aliphatic rings. The van der Waals surface area contributed by atoms with E-state index in [1.54, 1.807) is 6.92 Å². The lowest BCUT2D eigenvalue weighted by molar-refractivity contribution is -0.143. The molecule has 21 heavy (non-hydrogen) atoms. The largest absolute Gasteiger partial charge is 0.389 e. The third kappa shape index (κ3) is 3.40. The fraction of sp³-hybridized carbons (Fsp3) is 0.429. The van der Waals surface area contributed by atoms with Crippen molar-refractivity contribution in [3.05, 3.63) is 29.6 Å². The normalized spacial score (nSPS) is 18.6. The van der Waals surface area contributed by atoms with Crippen molar-refractivity contribution in [3.63, 3.8) is 0 Å². The average molecular weight is 303 g/mol. The van der Waals surface area contributed by atoms with Crippen LogP contribution in [0, 0.1) is 5.82 Å². The van der Waals surface area contributed by atoms with E-state index in [1.807, 2.05) is 0 Å². The molecule has 0 radical (unpaired) electrons. The third-order valence-electron chi connectivity index (χ3n) is 3.33. The minimum atomic E-state index is -4.42. The number of Topliss-reactive ketones (excluding diaryl/α,β-unsaturated/α-hetero) is 1. The van der Waals surface area contributed by atoms with Crippen molar-refractivity contribution in [2.45, 2.75) is 38.4 Å². The van der Waals surface area contributed by atoms with Gasteiger partial charge in [-0.25, -0.2) is 4.39 Å². The van der Waals surface area contributed by atoms with Crippen molar-refractivity contribution < 1.29 is 27.2 Å². The Morgan fingerprint density at radius 3 is 2.67 bits per heavy atom. The van der Waals surface area contributed by atoms with Crippen LogP contribution in [0.1, 0.15) is 36.5 Å². The van der Waals surface area contributed by atoms with Crippen LogP contribution >= 0.6 is 0 Å². The van der Waals surface area contributed by atoms with Crippen LogP contribution < -0.4 is 4.90 Å². The molecule has 0 fully saturated rings. The Balaban J connectivity index is 2.29. The van der Waals surface area contributed by atoms with E-state index in [-0.39, 0.29) is 23.5 Å². The molecule has 7 heteroatoms. The maximum atomic E-state index is 13.2. The van der Waals surface area contributed by atoms with Crippen molar-refractivity contribution in [1.82, 2.24) is 0 Å². The van der Waals surface area contributed by atoms with Gasteiger partial charge in [-0.1, -0.05) is 0 Å². The molecule has 1 aromatic rings. The molecule has 0 N–H and O–H groups in total. The third-order valence-corrected chi connectivity index (χ3v) is 3.33. The van der Waals surface area contributed by atoms with E-state index < -0.39 is 36.8 Å². The van der Waals surface area contributed by atoms with Crippen LogP contribution in [0.2, 0.25) is 0 Å². The summed E-state index contributed by atoms with van der Waals surface area (Å²) in [5.41, 5.74) is 0.209. The minimum absolute atomic E-state index is 0.0335. The van der Waals surface area contributed by atoms with Crippen molar-refractivity contribution in [3.8, 4) is 0 Å². The number of hydrogen-bond donors (Lipinski definition) is 0. The topological polar surface area (TPSA) is 37.4 Å². The Morgan fingerprint density at radius 1 is 1.38 bits per heavy atom. The van der Waals surface area contributed by atoms with Crippen molar-refractivity contribution >= 4 is 17.4 Å². The molecule has 1 unspecified atom stereocenters. The minimum Gasteiger partial charge on any atom is -0.308 e. The Bertz CT molecular complexity index is 583. The van der Waals surface area contributed by atoms with Crippen LogP contribution in [0.25, 0.3) is 0 Å². The fourth-order valence-electron chi connectivity index (χ4n) is 2.40. The summed E-state index contributed by atoms with van der Waals surface area (Å²) >= 11 is 0. The van der Waals surface area contributed by atoms with Crippen LogP contribution in [0.15, 0.2) is 18.2 Å². The molecule has 0 aliphatic carbocycles. The van der Waals surface area contributed by atoms with Gasteiger partial charge in [-0.2, -0.15) is 13.2 Å². The number of fused-ring (bicyclic) bond motifs is 1. The number of rotatable bonds is 2. The highest BCUT2D eigenvalue weighted by molar-refractivity contribution is 6.09. The molecule has 114 valence electrons. The number of amides is 1. The highest BCUT2D eigenvalue weighted by atomic mass is 19.4. The van der Waals surface area contributed by atoms with Gasteiger partial charge in [0.15, 0.2) is 5.78 Å². The summed E-state index contributed by atoms with van der Waals surface area (Å²) in [7, 11) is 0. The van der Waals surface area contributed by atoms with Gasteiger partial charge in [0.25, 0.3) is 0 Å². The zero-order valence-electron chi connectivity index (χ0n) is 11.2. The Kier molecular flexibility index (Phi) is 4.02. The second-order valence-corrected chi connectivity index (χ2v) is 5.02. The molecule has 0 spiro atoms. The summed E-state index contributed by atoms with van der Waals surface area (Å²) in [6.45, 7) is 1.58. The smallest absolute Gasteiger partial charge is 0.308 e. The van der Waals surface area contributed by atoms with Gasteiger partial charge in [-0.3, -0.25) is 9.59 Å². The summed E-state index contributed by atoms with van der Waals surface area (Å²) in [6, 6.07) is 2.79. The number of halogens is 4. The van der Waals surface area contributed by atoms with Crippen LogP contribution in [0.5, 0.6) is 0 Å². The summed E-state index contributed by atoms with van der Waals surface area (Å²) in [5, 5.41) is 0. The van der Waals surface area contributed by atoms with Gasteiger partial charge >= 0.3 is 6.18 Å². The zero-order valence-corrected chi connectivity index (χ0v) is 11.2. The van der Waals surface area contributed by atoms with Gasteiger partial charge in [0, 0.05) is 24.4 Å². The molecule has 0 aromatic heterocycles. The molecule has 1 aliphatic heterocycles. The Labute approximate surface area is 118 Å². The highest BCUT2D eigenvalue weighted by Crippen LogP contribution is 2.32. The number of carbonyl (C=O) groups is 2. The van der Waals surface area contributed by atoms with Gasteiger partial charge in [-0.15, -0.1) is 0 Å². The molecule has 1 heterocycles. The van der Waals surface area contributed by atoms with E-state index in [4.69, 9.17) is 0 Å². The standard InChI is InChI=1S/C14H13F4NO2/c1-8-6-12(20)10-7-9(15)2-3-11(10)19(8)13(21)4-5-14(16,17)18/h2-3,7-8H,4-6H2,1H3. The second-order valence-electron chi connectivity index (χ2n) is 5.02. The first-order chi connectivity index (χ1) is 9.69. The number of benzene rings is 1. The fourth-order valence-corrected chi connectivity index (χ4v) is 2.40. The van der Waals surface area contributed by atoms with Crippen LogP contribution in [-0.4, -0.2) is 23.9 Å². The first-order valence-corrected chi connectivity index (χ1v) is 6.40. The van der Waals surface area contributed by atoms with E-state index in [2.05, 4.69) is 0 Å². The number of ketones is 1. The van der Waals surface area contributed by atoms with Gasteiger partial charge in [0.05, 0.1) is 12.1 Å². The monoisotopic (exact) mass is 303 g/mol. The number of hydrogen-bond acceptors (Lipinski definition) is 2. The quantitative estimate of drug-likeness (QED) is 0.784. The SMILES string of the molecule is CC1CC(=O)c2cc(F)ccc2N1C(=O)CCC(F)(F)F. The van der Waals surface area contributed by atoms with E-state index in [0.717, 1.165) is 17.0 Å². The lowest BCUT2D eigenvalue weighted by Gasteiger charge is -2.34. The van der Waals surface area contributed by atoms with E-state index in [9.17, 15) is 27.2 Å². The highest BCUT2D eigenvalue weighted by Gasteiger charge is 2.35. The first kappa shape index (κ1) is 15.5. The molecule has 0 saturated heterocycles. The van der Waals surface area contributed by atoms with Crippen LogP contribution in [0.3, 0.4) is 0 Å². The van der Waals surface area contributed by atoms with Gasteiger partial charge in [0.1, 0.15) is 5.82 Å². The summed E-state index contributed by atoms with van der Waals surface area (Å²) in [5.74, 6) is -1.67. The lowest BCUT2D eigenvalue weighted by Crippen LogP contribution is -2.44. The van der Waals surface area contributed by atoms with Gasteiger partial charge in [0.2, 0.25) is 5.91 Å². The molecular formula is C14H13F4NO2. The molecule has 0 saturated carbocycles. The molecule has 2 rings (SSSR count). The Morgan fingerprint density at radius 2 is 2.05 bits per heavy atom. The maximum Gasteiger partial charge on any atom is 0.389 e. The van der Waals surface area contributed by atoms with Crippen molar-refractivity contribution in [2.75, 3.05) is 4.90 Å². The molecule has 1 aromatic carbocycles. The molecule has 1 atom stereocenters. The predicted octanol–water partition coefficient (Wildman–Crippen LogP) is 3.48. The Hall–Kier alpha value is -1.92. The molecular weight excluding hydrogens is 290 g/mol. The molecule has 0 bridgehead atoms. The van der Waals surface area contributed by atoms with Gasteiger partial charge in [-0.05, 0) is 25.1 Å². The van der Waals surface area contributed by atoms with Crippen molar-refractivity contribution in [1.29, 1.82) is 0 Å².